The first-order chi connectivity index (χ1) is 10.9. The van der Waals surface area contributed by atoms with E-state index in [0.717, 1.165) is 35.4 Å². The molecule has 1 amide bonds. The van der Waals surface area contributed by atoms with Crippen LogP contribution in [0.15, 0.2) is 18.2 Å². The molecule has 1 aromatic carbocycles. The van der Waals surface area contributed by atoms with Gasteiger partial charge in [-0.25, -0.2) is 9.71 Å². The van der Waals surface area contributed by atoms with E-state index >= 15 is 0 Å². The predicted molar refractivity (Wildman–Crippen MR) is 89.0 cm³/mol. The molecule has 1 aliphatic heterocycles. The third-order valence-corrected chi connectivity index (χ3v) is 5.33. The molecule has 0 aliphatic carbocycles. The number of rotatable bonds is 4. The highest BCUT2D eigenvalue weighted by molar-refractivity contribution is 7.91. The number of ether oxygens (including phenoxy) is 1. The van der Waals surface area contributed by atoms with Gasteiger partial charge in [-0.05, 0) is 18.2 Å². The van der Waals surface area contributed by atoms with Crippen molar-refractivity contribution in [2.45, 2.75) is 6.92 Å². The van der Waals surface area contributed by atoms with Crippen LogP contribution in [0.3, 0.4) is 0 Å². The molecule has 124 valence electrons. The van der Waals surface area contributed by atoms with E-state index < -0.39 is 16.1 Å². The zero-order valence-electron chi connectivity index (χ0n) is 12.4. The number of amides is 1. The molecule has 3 rings (SSSR count). The minimum Gasteiger partial charge on any atom is -0.378 e. The molecule has 1 aromatic heterocycles. The number of anilines is 2. The molecule has 0 saturated carbocycles. The first-order valence-electron chi connectivity index (χ1n) is 6.97. The molecule has 8 nitrogen and oxygen atoms in total. The number of fused-ring (bicyclic) bond motifs is 1. The average molecular weight is 356 g/mol. The van der Waals surface area contributed by atoms with E-state index in [1.165, 1.54) is 11.3 Å². The number of carbonyl (C=O) groups excluding carboxylic acids is 1. The van der Waals surface area contributed by atoms with Crippen LogP contribution in [0.25, 0.3) is 10.2 Å². The van der Waals surface area contributed by atoms with Gasteiger partial charge in [0, 0.05) is 20.0 Å². The second kappa shape index (κ2) is 6.30. The first kappa shape index (κ1) is 16.0. The lowest BCUT2D eigenvalue weighted by atomic mass is 10.3. The molecule has 1 saturated heterocycles. The van der Waals surface area contributed by atoms with Gasteiger partial charge in [-0.3, -0.25) is 9.52 Å². The molecule has 1 aliphatic rings. The van der Waals surface area contributed by atoms with Gasteiger partial charge in [0.15, 0.2) is 5.13 Å². The summed E-state index contributed by atoms with van der Waals surface area (Å²) in [6.07, 6.45) is 0. The number of carbonyl (C=O) groups is 1. The molecule has 2 N–H and O–H groups in total. The zero-order chi connectivity index (χ0) is 16.4. The number of nitrogens with zero attached hydrogens (tertiary/aromatic N) is 2. The van der Waals surface area contributed by atoms with Crippen LogP contribution in [-0.2, 0) is 19.7 Å². The van der Waals surface area contributed by atoms with E-state index in [4.69, 9.17) is 4.74 Å². The number of thiazole rings is 1. The van der Waals surface area contributed by atoms with Crippen LogP contribution in [0.5, 0.6) is 0 Å². The van der Waals surface area contributed by atoms with E-state index in [1.54, 1.807) is 18.2 Å². The van der Waals surface area contributed by atoms with E-state index in [9.17, 15) is 13.2 Å². The van der Waals surface area contributed by atoms with Crippen LogP contribution >= 0.6 is 11.3 Å². The molecule has 0 radical (unpaired) electrons. The third kappa shape index (κ3) is 3.89. The van der Waals surface area contributed by atoms with E-state index in [1.807, 2.05) is 4.72 Å². The summed E-state index contributed by atoms with van der Waals surface area (Å²) >= 11 is 1.49. The molecule has 0 spiro atoms. The quantitative estimate of drug-likeness (QED) is 0.845. The maximum absolute atomic E-state index is 11.7. The largest absolute Gasteiger partial charge is 0.378 e. The smallest absolute Gasteiger partial charge is 0.323 e. The fourth-order valence-electron chi connectivity index (χ4n) is 2.24. The summed E-state index contributed by atoms with van der Waals surface area (Å²) < 4.78 is 33.8. The molecular weight excluding hydrogens is 340 g/mol. The number of hydrogen-bond donors (Lipinski definition) is 2. The topological polar surface area (TPSA) is 101 Å². The minimum atomic E-state index is -3.91. The maximum atomic E-state index is 11.7. The summed E-state index contributed by atoms with van der Waals surface area (Å²) in [4.78, 5) is 17.6. The molecule has 2 aromatic rings. The summed E-state index contributed by atoms with van der Waals surface area (Å²) in [5.41, 5.74) is 1.18. The highest BCUT2D eigenvalue weighted by atomic mass is 32.2. The highest BCUT2D eigenvalue weighted by Crippen LogP contribution is 2.31. The van der Waals surface area contributed by atoms with Crippen molar-refractivity contribution in [3.8, 4) is 0 Å². The van der Waals surface area contributed by atoms with Gasteiger partial charge in [0.25, 0.3) is 0 Å². The van der Waals surface area contributed by atoms with E-state index in [-0.39, 0.29) is 0 Å². The van der Waals surface area contributed by atoms with Crippen LogP contribution in [0, 0.1) is 0 Å². The average Bonchev–Trinajstić information content (AvgIpc) is 2.89. The number of morpholine rings is 1. The monoisotopic (exact) mass is 356 g/mol. The Balaban J connectivity index is 1.83. The number of benzene rings is 1. The summed E-state index contributed by atoms with van der Waals surface area (Å²) in [6, 6.07) is 5.07. The Labute approximate surface area is 137 Å². The normalized spacial score (nSPS) is 15.6. The summed E-state index contributed by atoms with van der Waals surface area (Å²) in [6.45, 7) is 4.08. The van der Waals surface area contributed by atoms with Crippen molar-refractivity contribution in [1.29, 1.82) is 0 Å². The van der Waals surface area contributed by atoms with Crippen LogP contribution < -0.4 is 14.3 Å². The van der Waals surface area contributed by atoms with Crippen molar-refractivity contribution in [2.75, 3.05) is 35.9 Å². The molecular formula is C13H16N4O4S2. The standard InChI is InChI=1S/C13H16N4O4S2/c1-9(18)15-23(19,20)16-10-2-3-11-12(8-10)22-13(14-11)17-4-6-21-7-5-17/h2-3,8,16H,4-7H2,1H3,(H,15,18). The Morgan fingerprint density at radius 2 is 2.09 bits per heavy atom. The van der Waals surface area contributed by atoms with E-state index in [2.05, 4.69) is 14.6 Å². The predicted octanol–water partition coefficient (Wildman–Crippen LogP) is 0.926. The van der Waals surface area contributed by atoms with Gasteiger partial charge in [-0.1, -0.05) is 11.3 Å². The van der Waals surface area contributed by atoms with Crippen LogP contribution in [-0.4, -0.2) is 45.6 Å². The highest BCUT2D eigenvalue weighted by Gasteiger charge is 2.16. The lowest BCUT2D eigenvalue weighted by Crippen LogP contribution is -2.36. The summed E-state index contributed by atoms with van der Waals surface area (Å²) in [5.74, 6) is -0.647. The van der Waals surface area contributed by atoms with Gasteiger partial charge in [0.1, 0.15) is 0 Å². The van der Waals surface area contributed by atoms with Gasteiger partial charge < -0.3 is 9.64 Å². The molecule has 10 heteroatoms. The van der Waals surface area contributed by atoms with Crippen LogP contribution in [0.2, 0.25) is 0 Å². The summed E-state index contributed by atoms with van der Waals surface area (Å²) in [5, 5.41) is 0.894. The van der Waals surface area contributed by atoms with Crippen LogP contribution in [0.4, 0.5) is 10.8 Å². The maximum Gasteiger partial charge on any atom is 0.323 e. The van der Waals surface area contributed by atoms with Gasteiger partial charge in [0.05, 0.1) is 29.1 Å². The number of hydrogen-bond acceptors (Lipinski definition) is 7. The Bertz CT molecular complexity index is 828. The van der Waals surface area contributed by atoms with Crippen molar-refractivity contribution in [3.63, 3.8) is 0 Å². The Hall–Kier alpha value is -1.91. The Morgan fingerprint density at radius 3 is 2.78 bits per heavy atom. The Kier molecular flexibility index (Phi) is 4.37. The first-order valence-corrected chi connectivity index (χ1v) is 9.27. The molecule has 1 fully saturated rings. The van der Waals surface area contributed by atoms with Gasteiger partial charge in [-0.2, -0.15) is 8.42 Å². The van der Waals surface area contributed by atoms with Gasteiger partial charge >= 0.3 is 10.2 Å². The lowest BCUT2D eigenvalue weighted by Gasteiger charge is -2.25. The molecule has 0 atom stereocenters. The fraction of sp³-hybridized carbons (Fsp3) is 0.385. The SMILES string of the molecule is CC(=O)NS(=O)(=O)Nc1ccc2nc(N3CCOCC3)sc2c1. The molecule has 0 unspecified atom stereocenters. The van der Waals surface area contributed by atoms with Crippen molar-refractivity contribution >= 4 is 48.5 Å². The van der Waals surface area contributed by atoms with Crippen molar-refractivity contribution in [2.24, 2.45) is 0 Å². The second-order valence-corrected chi connectivity index (χ2v) is 7.47. The van der Waals surface area contributed by atoms with Gasteiger partial charge in [-0.15, -0.1) is 0 Å². The van der Waals surface area contributed by atoms with Gasteiger partial charge in [0.2, 0.25) is 5.91 Å². The molecule has 23 heavy (non-hydrogen) atoms. The van der Waals surface area contributed by atoms with Crippen molar-refractivity contribution < 1.29 is 17.9 Å². The number of nitrogens with one attached hydrogen (secondary N) is 2. The Morgan fingerprint density at radius 1 is 1.35 bits per heavy atom. The molecule has 2 heterocycles. The second-order valence-electron chi connectivity index (χ2n) is 5.04. The van der Waals surface area contributed by atoms with E-state index in [0.29, 0.717) is 18.9 Å². The summed E-state index contributed by atoms with van der Waals surface area (Å²) in [7, 11) is -3.91. The fourth-order valence-corrected chi connectivity index (χ4v) is 4.16. The lowest BCUT2D eigenvalue weighted by molar-refractivity contribution is -0.117. The van der Waals surface area contributed by atoms with Crippen molar-refractivity contribution in [1.82, 2.24) is 9.71 Å². The number of aromatic nitrogens is 1. The molecule has 0 bridgehead atoms. The minimum absolute atomic E-state index is 0.378. The van der Waals surface area contributed by atoms with Crippen molar-refractivity contribution in [3.05, 3.63) is 18.2 Å². The zero-order valence-corrected chi connectivity index (χ0v) is 14.0. The third-order valence-electron chi connectivity index (χ3n) is 3.19. The van der Waals surface area contributed by atoms with Crippen LogP contribution in [0.1, 0.15) is 6.92 Å².